The highest BCUT2D eigenvalue weighted by atomic mass is 16.5. The van der Waals surface area contributed by atoms with Gasteiger partial charge in [0.25, 0.3) is 0 Å². The SMILES string of the molecule is CCC.CCCC[C@H](NC(=O)CNC(=O)NC(C(=O)OC)C(C)C)C(=O)NC[C@H](/C=C/C(=O)NCC)CC1=CCC=CC(C)=C1. The number of amides is 5. The second-order valence-corrected chi connectivity index (χ2v) is 11.3. The number of unbranched alkanes of at least 4 members (excludes halogenated alkanes) is 1. The summed E-state index contributed by atoms with van der Waals surface area (Å²) >= 11 is 0. The fraction of sp³-hybridized carbons (Fsp3) is 0.618. The van der Waals surface area contributed by atoms with E-state index in [1.54, 1.807) is 19.9 Å². The van der Waals surface area contributed by atoms with E-state index in [1.165, 1.54) is 19.6 Å². The van der Waals surface area contributed by atoms with Crippen molar-refractivity contribution in [3.63, 3.8) is 0 Å². The molecule has 0 spiro atoms. The Morgan fingerprint density at radius 3 is 2.29 bits per heavy atom. The van der Waals surface area contributed by atoms with Gasteiger partial charge in [-0.25, -0.2) is 9.59 Å². The lowest BCUT2D eigenvalue weighted by Crippen LogP contribution is -2.53. The minimum Gasteiger partial charge on any atom is -0.467 e. The van der Waals surface area contributed by atoms with Crippen molar-refractivity contribution >= 4 is 29.7 Å². The van der Waals surface area contributed by atoms with Gasteiger partial charge < -0.3 is 31.3 Å². The summed E-state index contributed by atoms with van der Waals surface area (Å²) in [7, 11) is 1.23. The van der Waals surface area contributed by atoms with Crippen LogP contribution in [0.15, 0.2) is 47.6 Å². The van der Waals surface area contributed by atoms with Crippen molar-refractivity contribution in [3.05, 3.63) is 47.6 Å². The Bertz CT molecular complexity index is 1060. The fourth-order valence-corrected chi connectivity index (χ4v) is 4.24. The first-order valence-corrected chi connectivity index (χ1v) is 16.1. The lowest BCUT2D eigenvalue weighted by Gasteiger charge is -2.22. The monoisotopic (exact) mass is 631 g/mol. The van der Waals surface area contributed by atoms with Crippen molar-refractivity contribution in [2.75, 3.05) is 26.7 Å². The maximum atomic E-state index is 13.2. The van der Waals surface area contributed by atoms with Gasteiger partial charge in [0.2, 0.25) is 17.7 Å². The molecule has 1 unspecified atom stereocenters. The molecule has 5 N–H and O–H groups in total. The maximum absolute atomic E-state index is 13.2. The Morgan fingerprint density at radius 1 is 1.00 bits per heavy atom. The van der Waals surface area contributed by atoms with Crippen molar-refractivity contribution in [1.29, 1.82) is 0 Å². The lowest BCUT2D eigenvalue weighted by molar-refractivity contribution is -0.144. The molecule has 0 fully saturated rings. The van der Waals surface area contributed by atoms with Crippen LogP contribution < -0.4 is 26.6 Å². The second kappa shape index (κ2) is 24.4. The van der Waals surface area contributed by atoms with Crippen LogP contribution in [0.1, 0.15) is 87.0 Å². The standard InChI is InChI=1S/C31H49N5O6.C3H8/c1-7-9-14-25(35-27(38)20-34-31(41)36-28(21(3)4)30(40)42-6)29(39)33-19-24(15-16-26(37)32-8-2)18-23-13-11-10-12-22(5)17-23;1-3-2/h10,12-13,15-17,21,24-25,28H,7-9,11,14,18-20H2,1-6H3,(H,32,37)(H,33,39)(H,35,38)(H2,34,36,41);3H2,1-2H3/b16-15+;/t24-,25+,28?;/m1./s1. The van der Waals surface area contributed by atoms with E-state index in [0.717, 1.165) is 24.0 Å². The average molecular weight is 632 g/mol. The third kappa shape index (κ3) is 19.2. The Balaban J connectivity index is 0.00000618. The number of likely N-dealkylation sites (N-methyl/N-ethyl adjacent to an activating group) is 1. The minimum absolute atomic E-state index is 0.151. The molecule has 0 radical (unpaired) electrons. The molecule has 45 heavy (non-hydrogen) atoms. The third-order valence-electron chi connectivity index (χ3n) is 6.53. The van der Waals surface area contributed by atoms with E-state index in [-0.39, 0.29) is 36.7 Å². The largest absolute Gasteiger partial charge is 0.467 e. The zero-order valence-electron chi connectivity index (χ0n) is 28.6. The van der Waals surface area contributed by atoms with Crippen molar-refractivity contribution in [2.45, 2.75) is 99.1 Å². The molecular formula is C34H57N5O6. The number of allylic oxidation sites excluding steroid dienone is 6. The van der Waals surface area contributed by atoms with Gasteiger partial charge in [0.15, 0.2) is 0 Å². The van der Waals surface area contributed by atoms with Crippen molar-refractivity contribution in [1.82, 2.24) is 26.6 Å². The van der Waals surface area contributed by atoms with E-state index in [9.17, 15) is 24.0 Å². The van der Waals surface area contributed by atoms with Crippen LogP contribution in [0.2, 0.25) is 0 Å². The first-order chi connectivity index (χ1) is 21.4. The van der Waals surface area contributed by atoms with Crippen LogP contribution >= 0.6 is 0 Å². The van der Waals surface area contributed by atoms with Gasteiger partial charge in [-0.2, -0.15) is 0 Å². The first-order valence-electron chi connectivity index (χ1n) is 16.1. The Hall–Kier alpha value is -3.89. The molecule has 0 aromatic heterocycles. The fourth-order valence-electron chi connectivity index (χ4n) is 4.24. The summed E-state index contributed by atoms with van der Waals surface area (Å²) in [6.45, 7) is 14.0. The summed E-state index contributed by atoms with van der Waals surface area (Å²) in [5, 5.41) is 13.3. The molecular weight excluding hydrogens is 574 g/mol. The molecule has 0 saturated heterocycles. The zero-order chi connectivity index (χ0) is 34.2. The quantitative estimate of drug-likeness (QED) is 0.120. The molecule has 0 saturated carbocycles. The molecule has 3 atom stereocenters. The van der Waals surface area contributed by atoms with Gasteiger partial charge in [-0.1, -0.05) is 95.4 Å². The van der Waals surface area contributed by atoms with Gasteiger partial charge in [0.1, 0.15) is 12.1 Å². The highest BCUT2D eigenvalue weighted by Crippen LogP contribution is 2.19. The summed E-state index contributed by atoms with van der Waals surface area (Å²) in [5.74, 6) is -2.03. The van der Waals surface area contributed by atoms with Crippen LogP contribution in [0.5, 0.6) is 0 Å². The van der Waals surface area contributed by atoms with Gasteiger partial charge in [-0.05, 0) is 51.0 Å². The molecule has 0 heterocycles. The molecule has 0 aromatic carbocycles. The van der Waals surface area contributed by atoms with Gasteiger partial charge in [-0.3, -0.25) is 14.4 Å². The molecule has 1 aliphatic rings. The summed E-state index contributed by atoms with van der Waals surface area (Å²) in [4.78, 5) is 62.0. The number of carbonyl (C=O) groups is 5. The van der Waals surface area contributed by atoms with Gasteiger partial charge in [0.05, 0.1) is 13.7 Å². The predicted molar refractivity (Wildman–Crippen MR) is 179 cm³/mol. The minimum atomic E-state index is -0.861. The van der Waals surface area contributed by atoms with Crippen molar-refractivity contribution in [2.24, 2.45) is 11.8 Å². The molecule has 0 aromatic rings. The van der Waals surface area contributed by atoms with E-state index in [1.807, 2.05) is 20.8 Å². The van der Waals surface area contributed by atoms with Crippen molar-refractivity contribution in [3.8, 4) is 0 Å². The highest BCUT2D eigenvalue weighted by molar-refractivity contribution is 5.91. The summed E-state index contributed by atoms with van der Waals surface area (Å²) in [6.07, 6.45) is 16.3. The number of hydrogen-bond acceptors (Lipinski definition) is 6. The van der Waals surface area contributed by atoms with E-state index < -0.39 is 30.0 Å². The van der Waals surface area contributed by atoms with E-state index >= 15 is 0 Å². The smallest absolute Gasteiger partial charge is 0.328 e. The Morgan fingerprint density at radius 2 is 1.69 bits per heavy atom. The first kappa shape index (κ1) is 41.1. The number of carbonyl (C=O) groups excluding carboxylic acids is 5. The van der Waals surface area contributed by atoms with E-state index in [4.69, 9.17) is 4.74 Å². The number of methoxy groups -OCH3 is 1. The zero-order valence-corrected chi connectivity index (χ0v) is 28.6. The van der Waals surface area contributed by atoms with Crippen LogP contribution in [0.4, 0.5) is 4.79 Å². The third-order valence-corrected chi connectivity index (χ3v) is 6.53. The van der Waals surface area contributed by atoms with Crippen LogP contribution in [0.3, 0.4) is 0 Å². The summed E-state index contributed by atoms with van der Waals surface area (Å²) < 4.78 is 4.71. The maximum Gasteiger partial charge on any atom is 0.328 e. The molecule has 0 aliphatic heterocycles. The average Bonchev–Trinajstić information content (AvgIpc) is 3.21. The van der Waals surface area contributed by atoms with E-state index in [2.05, 4.69) is 64.7 Å². The Kier molecular flexibility index (Phi) is 22.3. The summed E-state index contributed by atoms with van der Waals surface area (Å²) in [5.41, 5.74) is 2.24. The van der Waals surface area contributed by atoms with Crippen LogP contribution in [-0.2, 0) is 23.9 Å². The number of rotatable bonds is 17. The van der Waals surface area contributed by atoms with Crippen LogP contribution in [0, 0.1) is 11.8 Å². The Labute approximate surface area is 270 Å². The normalized spacial score (nSPS) is 14.4. The molecule has 1 aliphatic carbocycles. The van der Waals surface area contributed by atoms with Crippen molar-refractivity contribution < 1.29 is 28.7 Å². The van der Waals surface area contributed by atoms with Gasteiger partial charge in [0, 0.05) is 13.1 Å². The topological polar surface area (TPSA) is 155 Å². The van der Waals surface area contributed by atoms with Gasteiger partial charge in [-0.15, -0.1) is 0 Å². The van der Waals surface area contributed by atoms with Crippen LogP contribution in [0.25, 0.3) is 0 Å². The lowest BCUT2D eigenvalue weighted by atomic mass is 9.96. The molecule has 254 valence electrons. The molecule has 1 rings (SSSR count). The number of hydrogen-bond donors (Lipinski definition) is 5. The number of nitrogens with one attached hydrogen (secondary N) is 5. The van der Waals surface area contributed by atoms with E-state index in [0.29, 0.717) is 25.8 Å². The summed E-state index contributed by atoms with van der Waals surface area (Å²) in [6, 6.07) is -2.35. The number of esters is 1. The predicted octanol–water partition coefficient (Wildman–Crippen LogP) is 4.22. The molecule has 11 nitrogen and oxygen atoms in total. The molecule has 0 bridgehead atoms. The van der Waals surface area contributed by atoms with Gasteiger partial charge >= 0.3 is 12.0 Å². The number of ether oxygens (including phenoxy) is 1. The second-order valence-electron chi connectivity index (χ2n) is 11.3. The number of urea groups is 1. The highest BCUT2D eigenvalue weighted by Gasteiger charge is 2.26. The molecule has 11 heteroatoms. The molecule has 5 amide bonds. The van der Waals surface area contributed by atoms with Crippen LogP contribution in [-0.4, -0.2) is 68.5 Å².